The first-order valence-corrected chi connectivity index (χ1v) is 11.0. The summed E-state index contributed by atoms with van der Waals surface area (Å²) in [7, 11) is 0. The van der Waals surface area contributed by atoms with Gasteiger partial charge in [0.1, 0.15) is 11.4 Å². The van der Waals surface area contributed by atoms with E-state index in [9.17, 15) is 19.2 Å². The van der Waals surface area contributed by atoms with E-state index in [1.54, 1.807) is 22.0 Å². The monoisotopic (exact) mass is 460 g/mol. The number of hydrogen-bond acceptors (Lipinski definition) is 4. The maximum Gasteiger partial charge on any atom is 0.270 e. The molecule has 1 saturated heterocycles. The third kappa shape index (κ3) is 6.90. The minimum absolute atomic E-state index is 0.182. The van der Waals surface area contributed by atoms with E-state index in [2.05, 4.69) is 10.6 Å². The third-order valence-corrected chi connectivity index (χ3v) is 5.16. The molecule has 1 aliphatic heterocycles. The van der Waals surface area contributed by atoms with Crippen molar-refractivity contribution in [1.82, 2.24) is 20.4 Å². The number of amides is 4. The zero-order valence-corrected chi connectivity index (χ0v) is 19.3. The lowest BCUT2D eigenvalue weighted by atomic mass is 10.1. The smallest absolute Gasteiger partial charge is 0.270 e. The second-order valence-electron chi connectivity index (χ2n) is 7.88. The molecule has 2 aromatic rings. The highest BCUT2D eigenvalue weighted by molar-refractivity contribution is 6.02. The van der Waals surface area contributed by atoms with Gasteiger partial charge in [0.25, 0.3) is 11.8 Å². The number of nitrogens with zero attached hydrogens (tertiary/aromatic N) is 2. The number of piperazine rings is 1. The van der Waals surface area contributed by atoms with Crippen molar-refractivity contribution in [3.05, 3.63) is 83.2 Å². The molecule has 2 N–H and O–H groups in total. The Balaban J connectivity index is 1.71. The van der Waals surface area contributed by atoms with Crippen LogP contribution in [0, 0.1) is 0 Å². The van der Waals surface area contributed by atoms with Gasteiger partial charge in [-0.3, -0.25) is 19.2 Å². The highest BCUT2D eigenvalue weighted by atomic mass is 16.2. The van der Waals surface area contributed by atoms with Gasteiger partial charge < -0.3 is 20.4 Å². The van der Waals surface area contributed by atoms with Gasteiger partial charge in [-0.05, 0) is 23.3 Å². The molecule has 1 heterocycles. The fraction of sp³-hybridized carbons (Fsp3) is 0.231. The highest BCUT2D eigenvalue weighted by Crippen LogP contribution is 2.13. The lowest BCUT2D eigenvalue weighted by molar-refractivity contribution is -0.136. The summed E-state index contributed by atoms with van der Waals surface area (Å²) in [4.78, 5) is 52.8. The normalized spacial score (nSPS) is 14.4. The first-order valence-electron chi connectivity index (χ1n) is 11.0. The average molecular weight is 461 g/mol. The first kappa shape index (κ1) is 24.4. The molecule has 8 nitrogen and oxygen atoms in total. The number of hydrogen-bond donors (Lipinski definition) is 2. The average Bonchev–Trinajstić information content (AvgIpc) is 2.83. The van der Waals surface area contributed by atoms with Crippen LogP contribution in [0.2, 0.25) is 0 Å². The van der Waals surface area contributed by atoms with Crippen molar-refractivity contribution in [1.29, 1.82) is 0 Å². The zero-order chi connectivity index (χ0) is 24.5. The Morgan fingerprint density at radius 3 is 1.24 bits per heavy atom. The Hall–Kier alpha value is -4.20. The Bertz CT molecular complexity index is 1010. The van der Waals surface area contributed by atoms with Crippen molar-refractivity contribution in [2.45, 2.75) is 13.8 Å². The summed E-state index contributed by atoms with van der Waals surface area (Å²) < 4.78 is 0. The SMILES string of the molecule is CC(=O)NC(=Cc1ccccc1)C(=O)N1CCN(C(=O)/C(=C\c2ccccc2)NC(C)=O)CC1. The Morgan fingerprint density at radius 2 is 0.941 bits per heavy atom. The van der Waals surface area contributed by atoms with Gasteiger partial charge in [0.15, 0.2) is 0 Å². The summed E-state index contributed by atoms with van der Waals surface area (Å²) in [6.07, 6.45) is 3.28. The fourth-order valence-corrected chi connectivity index (χ4v) is 3.57. The van der Waals surface area contributed by atoms with Crippen molar-refractivity contribution in [2.24, 2.45) is 0 Å². The van der Waals surface area contributed by atoms with Crippen LogP contribution in [0.3, 0.4) is 0 Å². The molecule has 176 valence electrons. The molecule has 0 saturated carbocycles. The lowest BCUT2D eigenvalue weighted by Gasteiger charge is -2.35. The van der Waals surface area contributed by atoms with Gasteiger partial charge in [-0.2, -0.15) is 0 Å². The minimum atomic E-state index is -0.338. The van der Waals surface area contributed by atoms with Gasteiger partial charge in [-0.25, -0.2) is 0 Å². The molecule has 34 heavy (non-hydrogen) atoms. The molecule has 1 aliphatic rings. The van der Waals surface area contributed by atoms with E-state index >= 15 is 0 Å². The quantitative estimate of drug-likeness (QED) is 0.645. The van der Waals surface area contributed by atoms with Gasteiger partial charge in [-0.1, -0.05) is 60.7 Å². The van der Waals surface area contributed by atoms with Crippen LogP contribution < -0.4 is 10.6 Å². The second kappa shape index (κ2) is 11.6. The maximum absolute atomic E-state index is 13.1. The standard InChI is InChI=1S/C26H28N4O4/c1-19(31)27-23(17-21-9-5-3-6-10-21)25(33)29-13-15-30(16-14-29)26(34)24(28-20(2)32)18-22-11-7-4-8-12-22/h3-12,17-18H,13-16H2,1-2H3,(H,27,31)(H,28,32)/b23-17+,24-18?. The molecule has 0 aromatic heterocycles. The molecule has 0 aliphatic carbocycles. The van der Waals surface area contributed by atoms with Gasteiger partial charge in [0, 0.05) is 40.0 Å². The van der Waals surface area contributed by atoms with Crippen LogP contribution >= 0.6 is 0 Å². The van der Waals surface area contributed by atoms with E-state index in [1.165, 1.54) is 13.8 Å². The second-order valence-corrected chi connectivity index (χ2v) is 7.88. The largest absolute Gasteiger partial charge is 0.334 e. The molecule has 0 atom stereocenters. The Morgan fingerprint density at radius 1 is 0.618 bits per heavy atom. The number of nitrogens with one attached hydrogen (secondary N) is 2. The Labute approximate surface area is 198 Å². The third-order valence-electron chi connectivity index (χ3n) is 5.16. The summed E-state index contributed by atoms with van der Waals surface area (Å²) in [6.45, 7) is 3.91. The van der Waals surface area contributed by atoms with E-state index in [-0.39, 0.29) is 35.0 Å². The number of carbonyl (C=O) groups excluding carboxylic acids is 4. The highest BCUT2D eigenvalue weighted by Gasteiger charge is 2.28. The number of benzene rings is 2. The summed E-state index contributed by atoms with van der Waals surface area (Å²) in [6, 6.07) is 18.5. The van der Waals surface area contributed by atoms with Gasteiger partial charge in [0.2, 0.25) is 11.8 Å². The predicted octanol–water partition coefficient (Wildman–Crippen LogP) is 2.01. The van der Waals surface area contributed by atoms with E-state index < -0.39 is 0 Å². The predicted molar refractivity (Wildman–Crippen MR) is 130 cm³/mol. The summed E-state index contributed by atoms with van der Waals surface area (Å²) in [5.41, 5.74) is 1.95. The molecular formula is C26H28N4O4. The van der Waals surface area contributed by atoms with E-state index in [0.29, 0.717) is 26.2 Å². The summed E-state index contributed by atoms with van der Waals surface area (Å²) in [5.74, 6) is -1.30. The lowest BCUT2D eigenvalue weighted by Crippen LogP contribution is -2.53. The van der Waals surface area contributed by atoms with Crippen LogP contribution in [0.5, 0.6) is 0 Å². The molecule has 8 heteroatoms. The minimum Gasteiger partial charge on any atom is -0.334 e. The summed E-state index contributed by atoms with van der Waals surface area (Å²) in [5, 5.41) is 5.24. The van der Waals surface area contributed by atoms with E-state index in [1.807, 2.05) is 60.7 Å². The molecule has 2 aromatic carbocycles. The molecule has 0 unspecified atom stereocenters. The van der Waals surface area contributed by atoms with Crippen molar-refractivity contribution >= 4 is 35.8 Å². The Kier molecular flexibility index (Phi) is 8.34. The zero-order valence-electron chi connectivity index (χ0n) is 19.3. The molecule has 0 radical (unpaired) electrons. The molecule has 0 spiro atoms. The van der Waals surface area contributed by atoms with Crippen molar-refractivity contribution in [3.8, 4) is 0 Å². The van der Waals surface area contributed by atoms with Crippen LogP contribution in [0.25, 0.3) is 12.2 Å². The van der Waals surface area contributed by atoms with Crippen molar-refractivity contribution < 1.29 is 19.2 Å². The van der Waals surface area contributed by atoms with Crippen LogP contribution in [-0.2, 0) is 19.2 Å². The van der Waals surface area contributed by atoms with Crippen LogP contribution in [0.4, 0.5) is 0 Å². The van der Waals surface area contributed by atoms with Crippen molar-refractivity contribution in [2.75, 3.05) is 26.2 Å². The van der Waals surface area contributed by atoms with Gasteiger partial charge >= 0.3 is 0 Å². The van der Waals surface area contributed by atoms with E-state index in [4.69, 9.17) is 0 Å². The maximum atomic E-state index is 13.1. The van der Waals surface area contributed by atoms with Gasteiger partial charge in [-0.15, -0.1) is 0 Å². The molecular weight excluding hydrogens is 432 g/mol. The van der Waals surface area contributed by atoms with Gasteiger partial charge in [0.05, 0.1) is 0 Å². The molecule has 1 fully saturated rings. The molecule has 3 rings (SSSR count). The van der Waals surface area contributed by atoms with Crippen LogP contribution in [-0.4, -0.2) is 59.6 Å². The first-order chi connectivity index (χ1) is 16.3. The van der Waals surface area contributed by atoms with Crippen LogP contribution in [0.1, 0.15) is 25.0 Å². The molecule has 4 amide bonds. The van der Waals surface area contributed by atoms with Crippen molar-refractivity contribution in [3.63, 3.8) is 0 Å². The topological polar surface area (TPSA) is 98.8 Å². The number of carbonyl (C=O) groups is 4. The van der Waals surface area contributed by atoms with Crippen LogP contribution in [0.15, 0.2) is 72.1 Å². The number of rotatable bonds is 6. The summed E-state index contributed by atoms with van der Waals surface area (Å²) >= 11 is 0. The fourth-order valence-electron chi connectivity index (χ4n) is 3.57. The van der Waals surface area contributed by atoms with E-state index in [0.717, 1.165) is 11.1 Å². The molecule has 0 bridgehead atoms.